The average molecular weight is 251 g/mol. The molecule has 1 aromatic heterocycles. The third-order valence-electron chi connectivity index (χ3n) is 3.91. The zero-order chi connectivity index (χ0) is 13.3. The molecule has 0 aromatic carbocycles. The van der Waals surface area contributed by atoms with Crippen molar-refractivity contribution in [3.8, 4) is 0 Å². The van der Waals surface area contributed by atoms with E-state index in [4.69, 9.17) is 5.73 Å². The summed E-state index contributed by atoms with van der Waals surface area (Å²) in [4.78, 5) is 4.69. The average Bonchev–Trinajstić information content (AvgIpc) is 2.64. The predicted molar refractivity (Wildman–Crippen MR) is 72.6 cm³/mol. The number of imidazole rings is 1. The van der Waals surface area contributed by atoms with Crippen molar-refractivity contribution in [3.63, 3.8) is 0 Å². The summed E-state index contributed by atoms with van der Waals surface area (Å²) < 4.78 is 2.33. The Morgan fingerprint density at radius 2 is 2.11 bits per heavy atom. The molecule has 18 heavy (non-hydrogen) atoms. The first-order valence-corrected chi connectivity index (χ1v) is 6.91. The van der Waals surface area contributed by atoms with E-state index in [1.807, 2.05) is 6.92 Å². The van der Waals surface area contributed by atoms with Crippen molar-refractivity contribution in [1.82, 2.24) is 9.55 Å². The summed E-state index contributed by atoms with van der Waals surface area (Å²) in [5.41, 5.74) is 8.21. The van der Waals surface area contributed by atoms with E-state index in [0.717, 1.165) is 25.1 Å². The summed E-state index contributed by atoms with van der Waals surface area (Å²) in [6.07, 6.45) is 5.51. The number of nitrogens with zero attached hydrogens (tertiary/aromatic N) is 2. The molecule has 2 unspecified atom stereocenters. The molecule has 1 aliphatic carbocycles. The number of hydrogen-bond donors (Lipinski definition) is 2. The van der Waals surface area contributed by atoms with Crippen LogP contribution in [0.3, 0.4) is 0 Å². The number of aliphatic hydroxyl groups is 1. The Morgan fingerprint density at radius 1 is 1.44 bits per heavy atom. The molecule has 1 aromatic rings. The molecule has 1 heterocycles. The minimum absolute atomic E-state index is 0.0211. The lowest BCUT2D eigenvalue weighted by Crippen LogP contribution is -2.42. The third-order valence-corrected chi connectivity index (χ3v) is 3.91. The van der Waals surface area contributed by atoms with Crippen molar-refractivity contribution in [2.45, 2.75) is 64.5 Å². The molecule has 102 valence electrons. The predicted octanol–water partition coefficient (Wildman–Crippen LogP) is 1.73. The van der Waals surface area contributed by atoms with Crippen molar-refractivity contribution in [2.75, 3.05) is 6.61 Å². The molecular formula is C14H25N3O. The Labute approximate surface area is 109 Å². The highest BCUT2D eigenvalue weighted by molar-refractivity contribution is 5.21. The molecule has 0 bridgehead atoms. The lowest BCUT2D eigenvalue weighted by molar-refractivity contribution is 0.184. The molecule has 3 N–H and O–H groups in total. The minimum atomic E-state index is -0.516. The van der Waals surface area contributed by atoms with E-state index in [0.29, 0.717) is 6.04 Å². The maximum absolute atomic E-state index is 9.30. The zero-order valence-corrected chi connectivity index (χ0v) is 11.7. The van der Waals surface area contributed by atoms with Crippen LogP contribution in [0.4, 0.5) is 0 Å². The van der Waals surface area contributed by atoms with Gasteiger partial charge in [0.1, 0.15) is 5.82 Å². The van der Waals surface area contributed by atoms with Gasteiger partial charge in [-0.3, -0.25) is 0 Å². The summed E-state index contributed by atoms with van der Waals surface area (Å²) in [6.45, 7) is 6.17. The molecule has 2 atom stereocenters. The topological polar surface area (TPSA) is 64.1 Å². The Bertz CT molecular complexity index is 423. The van der Waals surface area contributed by atoms with Crippen LogP contribution in [0.2, 0.25) is 0 Å². The molecule has 2 rings (SSSR count). The van der Waals surface area contributed by atoms with E-state index in [9.17, 15) is 5.11 Å². The summed E-state index contributed by atoms with van der Waals surface area (Å²) in [6, 6.07) is 0.293. The van der Waals surface area contributed by atoms with Crippen LogP contribution < -0.4 is 5.73 Å². The number of aromatic nitrogens is 2. The largest absolute Gasteiger partial charge is 0.394 e. The van der Waals surface area contributed by atoms with Crippen molar-refractivity contribution in [1.29, 1.82) is 0 Å². The van der Waals surface area contributed by atoms with Gasteiger partial charge in [-0.25, -0.2) is 4.98 Å². The van der Waals surface area contributed by atoms with E-state index in [1.54, 1.807) is 0 Å². The summed E-state index contributed by atoms with van der Waals surface area (Å²) in [5, 5.41) is 9.30. The normalized spacial score (nSPS) is 20.3. The highest BCUT2D eigenvalue weighted by atomic mass is 16.3. The molecule has 0 radical (unpaired) electrons. The van der Waals surface area contributed by atoms with Crippen LogP contribution in [-0.4, -0.2) is 26.8 Å². The maximum Gasteiger partial charge on any atom is 0.106 e. The van der Waals surface area contributed by atoms with Gasteiger partial charge in [0.25, 0.3) is 0 Å². The summed E-state index contributed by atoms with van der Waals surface area (Å²) in [7, 11) is 0. The SMILES string of the molecule is Cc1nc2c(n1C(C)CC(C)(N)CO)CCCC2. The van der Waals surface area contributed by atoms with Gasteiger partial charge in [0.05, 0.1) is 12.3 Å². The molecule has 0 saturated heterocycles. The van der Waals surface area contributed by atoms with Gasteiger partial charge in [-0.1, -0.05) is 0 Å². The second-order valence-electron chi connectivity index (χ2n) is 5.99. The van der Waals surface area contributed by atoms with Crippen LogP contribution in [-0.2, 0) is 12.8 Å². The first kappa shape index (κ1) is 13.6. The van der Waals surface area contributed by atoms with Crippen molar-refractivity contribution < 1.29 is 5.11 Å². The molecule has 4 heteroatoms. The van der Waals surface area contributed by atoms with E-state index in [1.165, 1.54) is 24.2 Å². The smallest absolute Gasteiger partial charge is 0.106 e. The second kappa shape index (κ2) is 5.02. The molecular weight excluding hydrogens is 226 g/mol. The number of aliphatic hydroxyl groups excluding tert-OH is 1. The van der Waals surface area contributed by atoms with Crippen molar-refractivity contribution in [3.05, 3.63) is 17.2 Å². The zero-order valence-electron chi connectivity index (χ0n) is 11.7. The van der Waals surface area contributed by atoms with Gasteiger partial charge in [0, 0.05) is 17.3 Å². The quantitative estimate of drug-likeness (QED) is 0.856. The minimum Gasteiger partial charge on any atom is -0.394 e. The molecule has 4 nitrogen and oxygen atoms in total. The lowest BCUT2D eigenvalue weighted by Gasteiger charge is -2.28. The Kier molecular flexibility index (Phi) is 3.78. The number of hydrogen-bond acceptors (Lipinski definition) is 3. The third kappa shape index (κ3) is 2.59. The molecule has 0 amide bonds. The van der Waals surface area contributed by atoms with Gasteiger partial charge in [-0.15, -0.1) is 0 Å². The van der Waals surface area contributed by atoms with Gasteiger partial charge >= 0.3 is 0 Å². The fraction of sp³-hybridized carbons (Fsp3) is 0.786. The summed E-state index contributed by atoms with van der Waals surface area (Å²) >= 11 is 0. The monoisotopic (exact) mass is 251 g/mol. The molecule has 0 fully saturated rings. The Morgan fingerprint density at radius 3 is 2.78 bits per heavy atom. The fourth-order valence-electron chi connectivity index (χ4n) is 3.11. The lowest BCUT2D eigenvalue weighted by atomic mass is 9.94. The maximum atomic E-state index is 9.30. The highest BCUT2D eigenvalue weighted by Crippen LogP contribution is 2.28. The van der Waals surface area contributed by atoms with Crippen LogP contribution in [0, 0.1) is 6.92 Å². The van der Waals surface area contributed by atoms with E-state index >= 15 is 0 Å². The van der Waals surface area contributed by atoms with Crippen LogP contribution in [0.25, 0.3) is 0 Å². The van der Waals surface area contributed by atoms with Crippen LogP contribution in [0.1, 0.15) is 56.4 Å². The van der Waals surface area contributed by atoms with Crippen LogP contribution in [0.5, 0.6) is 0 Å². The molecule has 0 spiro atoms. The first-order valence-electron chi connectivity index (χ1n) is 6.91. The molecule has 0 saturated carbocycles. The molecule has 1 aliphatic rings. The van der Waals surface area contributed by atoms with Crippen LogP contribution >= 0.6 is 0 Å². The van der Waals surface area contributed by atoms with Crippen molar-refractivity contribution in [2.24, 2.45) is 5.73 Å². The van der Waals surface area contributed by atoms with Crippen molar-refractivity contribution >= 4 is 0 Å². The van der Waals surface area contributed by atoms with E-state index < -0.39 is 5.54 Å². The van der Waals surface area contributed by atoms with E-state index in [2.05, 4.69) is 23.4 Å². The van der Waals surface area contributed by atoms with Crippen LogP contribution in [0.15, 0.2) is 0 Å². The first-order chi connectivity index (χ1) is 8.44. The van der Waals surface area contributed by atoms with Gasteiger partial charge in [0.15, 0.2) is 0 Å². The van der Waals surface area contributed by atoms with E-state index in [-0.39, 0.29) is 6.61 Å². The number of fused-ring (bicyclic) bond motifs is 1. The van der Waals surface area contributed by atoms with Gasteiger partial charge in [0.2, 0.25) is 0 Å². The fourth-order valence-corrected chi connectivity index (χ4v) is 3.11. The van der Waals surface area contributed by atoms with Gasteiger partial charge in [-0.05, 0) is 52.9 Å². The van der Waals surface area contributed by atoms with Gasteiger partial charge < -0.3 is 15.4 Å². The number of rotatable bonds is 4. The molecule has 0 aliphatic heterocycles. The number of nitrogens with two attached hydrogens (primary N) is 1. The number of aryl methyl sites for hydroxylation is 2. The Hall–Kier alpha value is -0.870. The van der Waals surface area contributed by atoms with Gasteiger partial charge in [-0.2, -0.15) is 0 Å². The standard InChI is InChI=1S/C14H25N3O/c1-10(8-14(3,15)9-18)17-11(2)16-12-6-4-5-7-13(12)17/h10,18H,4-9,15H2,1-3H3. The second-order valence-corrected chi connectivity index (χ2v) is 5.99. The highest BCUT2D eigenvalue weighted by Gasteiger charge is 2.26. The Balaban J connectivity index is 2.25. The summed E-state index contributed by atoms with van der Waals surface area (Å²) in [5.74, 6) is 1.09.